The predicted molar refractivity (Wildman–Crippen MR) is 78.6 cm³/mol. The maximum absolute atomic E-state index is 11.9. The van der Waals surface area contributed by atoms with E-state index in [0.717, 1.165) is 4.68 Å². The number of halogens is 1. The van der Waals surface area contributed by atoms with Crippen molar-refractivity contribution in [2.45, 2.75) is 0 Å². The minimum atomic E-state index is -0.663. The number of benzene rings is 2. The van der Waals surface area contributed by atoms with Crippen molar-refractivity contribution in [1.29, 1.82) is 0 Å². The Labute approximate surface area is 124 Å². The average molecular weight is 304 g/mol. The van der Waals surface area contributed by atoms with Crippen molar-refractivity contribution in [2.75, 3.05) is 5.73 Å². The first-order valence-electron chi connectivity index (χ1n) is 6.00. The van der Waals surface area contributed by atoms with Gasteiger partial charge in [0.25, 0.3) is 5.89 Å². The Morgan fingerprint density at radius 1 is 1.24 bits per heavy atom. The number of nitrogens with zero attached hydrogens (tertiary/aromatic N) is 2. The molecule has 0 aliphatic heterocycles. The molecule has 0 saturated carbocycles. The molecule has 1 heterocycles. The molecule has 0 aliphatic carbocycles. The molecule has 3 aromatic rings. The van der Waals surface area contributed by atoms with E-state index in [1.165, 1.54) is 12.1 Å². The van der Waals surface area contributed by atoms with Gasteiger partial charge in [-0.05, 0) is 18.2 Å². The molecule has 0 saturated heterocycles. The number of phenolic OH excluding ortho intramolecular Hbond substituents is 1. The van der Waals surface area contributed by atoms with E-state index in [1.54, 1.807) is 24.3 Å². The Balaban J connectivity index is 2.14. The number of aromatic hydroxyl groups is 1. The second kappa shape index (κ2) is 4.99. The number of rotatable bonds is 2. The van der Waals surface area contributed by atoms with Crippen molar-refractivity contribution in [3.8, 4) is 22.9 Å². The number of phenols is 1. The molecule has 0 aliphatic rings. The number of hydrogen-bond donors (Lipinski definition) is 2. The summed E-state index contributed by atoms with van der Waals surface area (Å²) in [5.41, 5.74) is 6.56. The second-order valence-corrected chi connectivity index (χ2v) is 4.72. The molecule has 0 spiro atoms. The topological polar surface area (TPSA) is 94.3 Å². The fourth-order valence-corrected chi connectivity index (χ4v) is 2.03. The third-order valence-corrected chi connectivity index (χ3v) is 3.22. The van der Waals surface area contributed by atoms with E-state index >= 15 is 0 Å². The zero-order chi connectivity index (χ0) is 15.0. The number of para-hydroxylation sites is 1. The van der Waals surface area contributed by atoms with E-state index in [1.807, 2.05) is 6.07 Å². The van der Waals surface area contributed by atoms with Gasteiger partial charge in [-0.25, -0.2) is 4.79 Å². The summed E-state index contributed by atoms with van der Waals surface area (Å²) in [6, 6.07) is 11.5. The van der Waals surface area contributed by atoms with E-state index in [-0.39, 0.29) is 27.9 Å². The van der Waals surface area contributed by atoms with Crippen LogP contribution in [-0.2, 0) is 0 Å². The van der Waals surface area contributed by atoms with Crippen molar-refractivity contribution in [3.05, 3.63) is 58.0 Å². The lowest BCUT2D eigenvalue weighted by Crippen LogP contribution is -2.12. The summed E-state index contributed by atoms with van der Waals surface area (Å²) in [5, 5.41) is 14.2. The lowest BCUT2D eigenvalue weighted by molar-refractivity contribution is 0.470. The van der Waals surface area contributed by atoms with Gasteiger partial charge in [-0.15, -0.1) is 5.10 Å². The zero-order valence-corrected chi connectivity index (χ0v) is 11.4. The fourth-order valence-electron chi connectivity index (χ4n) is 1.87. The van der Waals surface area contributed by atoms with Gasteiger partial charge in [0.2, 0.25) is 0 Å². The summed E-state index contributed by atoms with van der Waals surface area (Å²) < 4.78 is 6.16. The van der Waals surface area contributed by atoms with Gasteiger partial charge in [0, 0.05) is 6.07 Å². The summed E-state index contributed by atoms with van der Waals surface area (Å²) in [5.74, 6) is -0.870. The van der Waals surface area contributed by atoms with Crippen LogP contribution in [0.2, 0.25) is 5.02 Å². The molecule has 0 fully saturated rings. The molecule has 7 heteroatoms. The summed E-state index contributed by atoms with van der Waals surface area (Å²) in [7, 11) is 0. The minimum Gasteiger partial charge on any atom is -0.507 e. The third kappa shape index (κ3) is 2.36. The summed E-state index contributed by atoms with van der Waals surface area (Å²) >= 11 is 5.91. The lowest BCUT2D eigenvalue weighted by Gasteiger charge is -2.03. The molecular formula is C14H10ClN3O3. The quantitative estimate of drug-likeness (QED) is 0.709. The molecule has 0 bridgehead atoms. The van der Waals surface area contributed by atoms with Gasteiger partial charge < -0.3 is 15.3 Å². The molecular weight excluding hydrogens is 294 g/mol. The molecule has 2 aromatic carbocycles. The molecule has 0 atom stereocenters. The Hall–Kier alpha value is -2.73. The lowest BCUT2D eigenvalue weighted by atomic mass is 10.2. The van der Waals surface area contributed by atoms with Crippen LogP contribution >= 0.6 is 11.6 Å². The molecule has 0 amide bonds. The molecule has 3 rings (SSSR count). The SMILES string of the molecule is Nc1cc(O)c(-c2nn(-c3ccccc3)c(=O)o2)cc1Cl. The largest absolute Gasteiger partial charge is 0.507 e. The highest BCUT2D eigenvalue weighted by Crippen LogP contribution is 2.34. The van der Waals surface area contributed by atoms with Gasteiger partial charge in [-0.3, -0.25) is 0 Å². The Morgan fingerprint density at radius 3 is 2.67 bits per heavy atom. The normalized spacial score (nSPS) is 10.7. The number of nitrogen functional groups attached to an aromatic ring is 1. The Bertz CT molecular complexity index is 856. The van der Waals surface area contributed by atoms with Gasteiger partial charge in [0.15, 0.2) is 0 Å². The molecule has 3 N–H and O–H groups in total. The molecule has 6 nitrogen and oxygen atoms in total. The van der Waals surface area contributed by atoms with Crippen molar-refractivity contribution in [1.82, 2.24) is 9.78 Å². The van der Waals surface area contributed by atoms with E-state index < -0.39 is 5.76 Å². The van der Waals surface area contributed by atoms with Crippen LogP contribution in [0.15, 0.2) is 51.7 Å². The van der Waals surface area contributed by atoms with Crippen LogP contribution in [-0.4, -0.2) is 14.9 Å². The average Bonchev–Trinajstić information content (AvgIpc) is 2.85. The van der Waals surface area contributed by atoms with Gasteiger partial charge in [0.05, 0.1) is 22.0 Å². The zero-order valence-electron chi connectivity index (χ0n) is 10.7. The molecule has 0 unspecified atom stereocenters. The predicted octanol–water partition coefficient (Wildman–Crippen LogP) is 2.43. The van der Waals surface area contributed by atoms with E-state index in [4.69, 9.17) is 21.8 Å². The van der Waals surface area contributed by atoms with Crippen LogP contribution in [0.25, 0.3) is 17.1 Å². The van der Waals surface area contributed by atoms with Gasteiger partial charge in [-0.1, -0.05) is 29.8 Å². The maximum Gasteiger partial charge on any atom is 0.442 e. The first-order chi connectivity index (χ1) is 10.1. The van der Waals surface area contributed by atoms with Crippen molar-refractivity contribution in [3.63, 3.8) is 0 Å². The summed E-state index contributed by atoms with van der Waals surface area (Å²) in [6.45, 7) is 0. The van der Waals surface area contributed by atoms with Crippen LogP contribution < -0.4 is 11.5 Å². The highest BCUT2D eigenvalue weighted by atomic mass is 35.5. The minimum absolute atomic E-state index is 0.0387. The van der Waals surface area contributed by atoms with Crippen LogP contribution in [0.4, 0.5) is 5.69 Å². The molecule has 0 radical (unpaired) electrons. The number of nitrogens with two attached hydrogens (primary N) is 1. The van der Waals surface area contributed by atoms with Crippen molar-refractivity contribution >= 4 is 17.3 Å². The first kappa shape index (κ1) is 13.3. The van der Waals surface area contributed by atoms with E-state index in [9.17, 15) is 9.90 Å². The number of aromatic nitrogens is 2. The summed E-state index contributed by atoms with van der Waals surface area (Å²) in [4.78, 5) is 11.9. The molecule has 1 aromatic heterocycles. The van der Waals surface area contributed by atoms with Crippen molar-refractivity contribution < 1.29 is 9.52 Å². The van der Waals surface area contributed by atoms with E-state index in [0.29, 0.717) is 5.69 Å². The Morgan fingerprint density at radius 2 is 1.95 bits per heavy atom. The van der Waals surface area contributed by atoms with Gasteiger partial charge in [-0.2, -0.15) is 4.68 Å². The van der Waals surface area contributed by atoms with Gasteiger partial charge >= 0.3 is 5.76 Å². The standard InChI is InChI=1S/C14H10ClN3O3/c15-10-6-9(12(19)7-11(10)16)13-17-18(14(20)21-13)8-4-2-1-3-5-8/h1-7,19H,16H2. The smallest absolute Gasteiger partial charge is 0.442 e. The summed E-state index contributed by atoms with van der Waals surface area (Å²) in [6.07, 6.45) is 0. The third-order valence-electron chi connectivity index (χ3n) is 2.89. The first-order valence-corrected chi connectivity index (χ1v) is 6.38. The van der Waals surface area contributed by atoms with Crippen LogP contribution in [0.1, 0.15) is 0 Å². The second-order valence-electron chi connectivity index (χ2n) is 4.31. The van der Waals surface area contributed by atoms with E-state index in [2.05, 4.69) is 5.10 Å². The maximum atomic E-state index is 11.9. The van der Waals surface area contributed by atoms with Crippen LogP contribution in [0.3, 0.4) is 0 Å². The fraction of sp³-hybridized carbons (Fsp3) is 0. The van der Waals surface area contributed by atoms with Crippen molar-refractivity contribution in [2.24, 2.45) is 0 Å². The monoisotopic (exact) mass is 303 g/mol. The highest BCUT2D eigenvalue weighted by Gasteiger charge is 2.16. The number of hydrogen-bond acceptors (Lipinski definition) is 5. The highest BCUT2D eigenvalue weighted by molar-refractivity contribution is 6.33. The number of anilines is 1. The van der Waals surface area contributed by atoms with Crippen LogP contribution in [0, 0.1) is 0 Å². The Kier molecular flexibility index (Phi) is 3.15. The van der Waals surface area contributed by atoms with Gasteiger partial charge in [0.1, 0.15) is 5.75 Å². The molecule has 21 heavy (non-hydrogen) atoms. The van der Waals surface area contributed by atoms with Crippen LogP contribution in [0.5, 0.6) is 5.75 Å². The molecule has 106 valence electrons.